The van der Waals surface area contributed by atoms with Gasteiger partial charge in [-0.15, -0.1) is 0 Å². The van der Waals surface area contributed by atoms with E-state index in [9.17, 15) is 4.79 Å². The summed E-state index contributed by atoms with van der Waals surface area (Å²) in [5.41, 5.74) is 12.9. The number of carbonyl (C=O) groups excluding carboxylic acids is 1. The lowest BCUT2D eigenvalue weighted by molar-refractivity contribution is -0.155. The Balaban J connectivity index is 1.23. The van der Waals surface area contributed by atoms with Crippen LogP contribution >= 0.6 is 11.6 Å². The van der Waals surface area contributed by atoms with E-state index in [-0.39, 0.29) is 0 Å². The zero-order chi connectivity index (χ0) is 35.7. The summed E-state index contributed by atoms with van der Waals surface area (Å²) in [5, 5.41) is 4.45. The second-order valence-corrected chi connectivity index (χ2v) is 13.6. The quantitative estimate of drug-likeness (QED) is 0.0678. The first-order valence-corrected chi connectivity index (χ1v) is 18.0. The van der Waals surface area contributed by atoms with Crippen molar-refractivity contribution in [2.45, 2.75) is 50.3 Å². The Morgan fingerprint density at radius 3 is 1.57 bits per heavy atom. The van der Waals surface area contributed by atoms with Gasteiger partial charge in [-0.25, -0.2) is 0 Å². The summed E-state index contributed by atoms with van der Waals surface area (Å²) in [6.07, 6.45) is 2.00. The second kappa shape index (κ2) is 16.3. The Kier molecular flexibility index (Phi) is 11.5. The van der Waals surface area contributed by atoms with E-state index in [1.165, 1.54) is 11.1 Å². The highest BCUT2D eigenvalue weighted by atomic mass is 35.5. The number of nitrogens with two attached hydrogens (primary N) is 1. The van der Waals surface area contributed by atoms with Crippen LogP contribution < -0.4 is 11.1 Å². The van der Waals surface area contributed by atoms with E-state index < -0.39 is 23.2 Å². The van der Waals surface area contributed by atoms with Gasteiger partial charge in [0, 0.05) is 21.7 Å². The Hall–Kier alpha value is -5.00. The predicted molar refractivity (Wildman–Crippen MR) is 209 cm³/mol. The van der Waals surface area contributed by atoms with Gasteiger partial charge in [0.05, 0.1) is 5.54 Å². The minimum absolute atomic E-state index is 0.468. The van der Waals surface area contributed by atoms with Crippen molar-refractivity contribution in [2.75, 3.05) is 6.54 Å². The van der Waals surface area contributed by atoms with Gasteiger partial charge in [0.15, 0.2) is 5.60 Å². The molecule has 0 aliphatic rings. The molecule has 4 nitrogen and oxygen atoms in total. The molecule has 0 aliphatic heterocycles. The third-order valence-electron chi connectivity index (χ3n) is 9.68. The van der Waals surface area contributed by atoms with Crippen molar-refractivity contribution in [3.05, 3.63) is 213 Å². The van der Waals surface area contributed by atoms with Gasteiger partial charge in [-0.2, -0.15) is 0 Å². The highest BCUT2D eigenvalue weighted by Gasteiger charge is 2.43. The van der Waals surface area contributed by atoms with E-state index in [1.807, 2.05) is 97.9 Å². The molecule has 0 aromatic heterocycles. The SMILES string of the molecule is Cc1ccc(C(NCCCC[C@@H](N)C(=O)OC(c2ccccc2)(c2ccc(C)cc2)c2ccccc2Cl)(c2ccccc2)c2ccccc2)cc1. The van der Waals surface area contributed by atoms with Crippen LogP contribution in [0.2, 0.25) is 5.02 Å². The Morgan fingerprint density at radius 2 is 1.04 bits per heavy atom. The van der Waals surface area contributed by atoms with Crippen LogP contribution in [0.5, 0.6) is 0 Å². The summed E-state index contributed by atoms with van der Waals surface area (Å²) in [7, 11) is 0. The van der Waals surface area contributed by atoms with Crippen molar-refractivity contribution in [2.24, 2.45) is 5.73 Å². The molecule has 51 heavy (non-hydrogen) atoms. The molecule has 6 rings (SSSR count). The monoisotopic (exact) mass is 692 g/mol. The molecule has 0 saturated carbocycles. The highest BCUT2D eigenvalue weighted by molar-refractivity contribution is 6.31. The lowest BCUT2D eigenvalue weighted by Gasteiger charge is -2.37. The second-order valence-electron chi connectivity index (χ2n) is 13.2. The zero-order valence-corrected chi connectivity index (χ0v) is 30.0. The number of aryl methyl sites for hydroxylation is 2. The van der Waals surface area contributed by atoms with Gasteiger partial charge in [0.1, 0.15) is 6.04 Å². The van der Waals surface area contributed by atoms with Gasteiger partial charge in [-0.05, 0) is 56.0 Å². The number of carbonyl (C=O) groups is 1. The third kappa shape index (κ3) is 7.69. The Bertz CT molecular complexity index is 1960. The Morgan fingerprint density at radius 1 is 0.608 bits per heavy atom. The van der Waals surface area contributed by atoms with Crippen molar-refractivity contribution in [3.8, 4) is 0 Å². The van der Waals surface area contributed by atoms with Crippen molar-refractivity contribution in [1.29, 1.82) is 0 Å². The minimum atomic E-state index is -1.29. The maximum atomic E-state index is 14.1. The summed E-state index contributed by atoms with van der Waals surface area (Å²) in [6.45, 7) is 4.85. The number of hydrogen-bond acceptors (Lipinski definition) is 4. The molecule has 0 spiro atoms. The normalized spacial score (nSPS) is 13.3. The maximum Gasteiger partial charge on any atom is 0.324 e. The van der Waals surface area contributed by atoms with Crippen LogP contribution in [0, 0.1) is 13.8 Å². The smallest absolute Gasteiger partial charge is 0.324 e. The molecule has 0 aliphatic carbocycles. The molecular formula is C46H45ClN2O2. The van der Waals surface area contributed by atoms with E-state index in [4.69, 9.17) is 22.1 Å². The fourth-order valence-corrected chi connectivity index (χ4v) is 7.22. The van der Waals surface area contributed by atoms with E-state index in [1.54, 1.807) is 0 Å². The van der Waals surface area contributed by atoms with Crippen molar-refractivity contribution in [1.82, 2.24) is 5.32 Å². The highest BCUT2D eigenvalue weighted by Crippen LogP contribution is 2.44. The number of hydrogen-bond donors (Lipinski definition) is 2. The van der Waals surface area contributed by atoms with Crippen LogP contribution in [0.3, 0.4) is 0 Å². The lowest BCUT2D eigenvalue weighted by Crippen LogP contribution is -2.45. The number of ether oxygens (including phenoxy) is 1. The van der Waals surface area contributed by atoms with Gasteiger partial charge in [-0.1, -0.05) is 187 Å². The number of esters is 1. The Labute approximate surface area is 307 Å². The lowest BCUT2D eigenvalue weighted by atomic mass is 9.76. The standard InChI is InChI=1S/C46H45ClN2O2/c1-34-25-29-38(30-26-34)45(36-16-6-3-7-17-36,37-18-8-4-9-19-37)49-33-15-14-24-43(48)44(50)51-46(39-20-10-5-11-21-39,40-31-27-35(2)28-32-40)41-22-12-13-23-42(41)47/h3-13,16-23,25-32,43,49H,14-15,24,33,48H2,1-2H3/t43-,46?/m1/s1. The predicted octanol–water partition coefficient (Wildman–Crippen LogP) is 9.87. The summed E-state index contributed by atoms with van der Waals surface area (Å²) >= 11 is 6.87. The molecule has 0 radical (unpaired) electrons. The number of benzene rings is 6. The van der Waals surface area contributed by atoms with E-state index in [0.29, 0.717) is 23.6 Å². The summed E-state index contributed by atoms with van der Waals surface area (Å²) in [4.78, 5) is 14.1. The van der Waals surface area contributed by atoms with Gasteiger partial charge in [0.25, 0.3) is 0 Å². The third-order valence-corrected chi connectivity index (χ3v) is 10.0. The van der Waals surface area contributed by atoms with Crippen LogP contribution in [0.15, 0.2) is 164 Å². The molecule has 0 saturated heterocycles. The molecule has 0 amide bonds. The summed E-state index contributed by atoms with van der Waals surface area (Å²) in [6, 6.07) is 54.4. The molecular weight excluding hydrogens is 648 g/mol. The topological polar surface area (TPSA) is 64.3 Å². The number of rotatable bonds is 14. The largest absolute Gasteiger partial charge is 0.443 e. The molecule has 1 unspecified atom stereocenters. The summed E-state index contributed by atoms with van der Waals surface area (Å²) < 4.78 is 6.61. The van der Waals surface area contributed by atoms with E-state index in [2.05, 4.69) is 85.0 Å². The zero-order valence-electron chi connectivity index (χ0n) is 29.3. The molecule has 258 valence electrons. The average Bonchev–Trinajstić information content (AvgIpc) is 3.17. The van der Waals surface area contributed by atoms with Crippen LogP contribution in [-0.4, -0.2) is 18.6 Å². The molecule has 0 bridgehead atoms. The first kappa shape index (κ1) is 35.8. The summed E-state index contributed by atoms with van der Waals surface area (Å²) in [5.74, 6) is -0.477. The van der Waals surface area contributed by atoms with E-state index >= 15 is 0 Å². The van der Waals surface area contributed by atoms with Crippen molar-refractivity contribution in [3.63, 3.8) is 0 Å². The molecule has 2 atom stereocenters. The fourth-order valence-electron chi connectivity index (χ4n) is 6.95. The molecule has 0 heterocycles. The van der Waals surface area contributed by atoms with Crippen LogP contribution in [-0.2, 0) is 20.7 Å². The molecule has 6 aromatic rings. The van der Waals surface area contributed by atoms with Crippen LogP contribution in [0.1, 0.15) is 63.8 Å². The van der Waals surface area contributed by atoms with Gasteiger partial charge in [-0.3, -0.25) is 10.1 Å². The van der Waals surface area contributed by atoms with Crippen molar-refractivity contribution >= 4 is 17.6 Å². The maximum absolute atomic E-state index is 14.1. The van der Waals surface area contributed by atoms with E-state index in [0.717, 1.165) is 40.7 Å². The first-order chi connectivity index (χ1) is 24.8. The molecule has 0 fully saturated rings. The van der Waals surface area contributed by atoms with Crippen LogP contribution in [0.4, 0.5) is 0 Å². The van der Waals surface area contributed by atoms with Gasteiger partial charge >= 0.3 is 5.97 Å². The van der Waals surface area contributed by atoms with Gasteiger partial charge in [0.2, 0.25) is 0 Å². The van der Waals surface area contributed by atoms with Crippen molar-refractivity contribution < 1.29 is 9.53 Å². The number of nitrogens with one attached hydrogen (secondary N) is 1. The molecule has 3 N–H and O–H groups in total. The van der Waals surface area contributed by atoms with Gasteiger partial charge < -0.3 is 10.5 Å². The fraction of sp³-hybridized carbons (Fsp3) is 0.196. The number of unbranched alkanes of at least 4 members (excludes halogenated alkanes) is 1. The minimum Gasteiger partial charge on any atom is -0.443 e. The average molecular weight is 693 g/mol. The van der Waals surface area contributed by atoms with Crippen LogP contribution in [0.25, 0.3) is 0 Å². The first-order valence-electron chi connectivity index (χ1n) is 17.6. The molecule has 6 aromatic carbocycles. The molecule has 5 heteroatoms. The number of halogens is 1.